The Bertz CT molecular complexity index is 285. The van der Waals surface area contributed by atoms with Crippen LogP contribution in [0.15, 0.2) is 4.99 Å². The maximum absolute atomic E-state index is 5.19. The van der Waals surface area contributed by atoms with Crippen molar-refractivity contribution in [1.82, 2.24) is 15.5 Å². The molecule has 0 bridgehead atoms. The van der Waals surface area contributed by atoms with E-state index in [4.69, 9.17) is 6.42 Å². The van der Waals surface area contributed by atoms with E-state index >= 15 is 0 Å². The van der Waals surface area contributed by atoms with Gasteiger partial charge in [-0.3, -0.25) is 4.99 Å². The molecule has 1 heterocycles. The molecule has 0 aromatic carbocycles. The molecule has 0 aromatic rings. The van der Waals surface area contributed by atoms with Crippen LogP contribution in [0.1, 0.15) is 26.2 Å². The molecule has 2 N–H and O–H groups in total. The number of rotatable bonds is 5. The van der Waals surface area contributed by atoms with E-state index in [2.05, 4.69) is 33.4 Å². The standard InChI is InChI=1S/C14H26N4/c1-4-8-16-14(15-3)17-9-5-10-18-11-6-13(2)7-12-18/h1,13H,5-12H2,2-3H3,(H2,15,16,17). The highest BCUT2D eigenvalue weighted by Gasteiger charge is 2.14. The van der Waals surface area contributed by atoms with E-state index in [0.29, 0.717) is 6.54 Å². The fourth-order valence-corrected chi connectivity index (χ4v) is 2.15. The fourth-order valence-electron chi connectivity index (χ4n) is 2.15. The van der Waals surface area contributed by atoms with Gasteiger partial charge in [-0.1, -0.05) is 12.8 Å². The highest BCUT2D eigenvalue weighted by atomic mass is 15.2. The SMILES string of the molecule is C#CCNC(=NC)NCCCN1CCC(C)CC1. The first-order valence-electron chi connectivity index (χ1n) is 6.86. The zero-order chi connectivity index (χ0) is 13.2. The van der Waals surface area contributed by atoms with E-state index in [1.165, 1.54) is 32.5 Å². The van der Waals surface area contributed by atoms with Crippen LogP contribution >= 0.6 is 0 Å². The number of aliphatic imine (C=N–C) groups is 1. The summed E-state index contributed by atoms with van der Waals surface area (Å²) in [6.45, 7) is 7.49. The van der Waals surface area contributed by atoms with Gasteiger partial charge in [0.05, 0.1) is 6.54 Å². The van der Waals surface area contributed by atoms with Gasteiger partial charge in [0.2, 0.25) is 0 Å². The lowest BCUT2D eigenvalue weighted by Crippen LogP contribution is -2.39. The van der Waals surface area contributed by atoms with Gasteiger partial charge in [-0.15, -0.1) is 6.42 Å². The average Bonchev–Trinajstić information content (AvgIpc) is 2.40. The molecule has 0 unspecified atom stereocenters. The second-order valence-corrected chi connectivity index (χ2v) is 4.93. The zero-order valence-corrected chi connectivity index (χ0v) is 11.7. The lowest BCUT2D eigenvalue weighted by atomic mass is 9.99. The molecule has 102 valence electrons. The van der Waals surface area contributed by atoms with Crippen LogP contribution in [0.25, 0.3) is 0 Å². The molecule has 18 heavy (non-hydrogen) atoms. The van der Waals surface area contributed by atoms with Gasteiger partial charge in [-0.05, 0) is 44.8 Å². The number of likely N-dealkylation sites (tertiary alicyclic amines) is 1. The lowest BCUT2D eigenvalue weighted by Gasteiger charge is -2.30. The second kappa shape index (κ2) is 8.82. The molecule has 1 fully saturated rings. The van der Waals surface area contributed by atoms with Gasteiger partial charge in [0.15, 0.2) is 5.96 Å². The normalized spacial score (nSPS) is 18.4. The molecule has 1 rings (SSSR count). The maximum Gasteiger partial charge on any atom is 0.191 e. The van der Waals surface area contributed by atoms with Crippen LogP contribution in [0.4, 0.5) is 0 Å². The third-order valence-electron chi connectivity index (χ3n) is 3.40. The lowest BCUT2D eigenvalue weighted by molar-refractivity contribution is 0.191. The summed E-state index contributed by atoms with van der Waals surface area (Å²) in [5.74, 6) is 4.24. The first-order valence-corrected chi connectivity index (χ1v) is 6.86. The van der Waals surface area contributed by atoms with Crippen molar-refractivity contribution >= 4 is 5.96 Å². The van der Waals surface area contributed by atoms with Crippen molar-refractivity contribution in [2.45, 2.75) is 26.2 Å². The van der Waals surface area contributed by atoms with Crippen LogP contribution in [0.5, 0.6) is 0 Å². The van der Waals surface area contributed by atoms with Crippen LogP contribution in [0.2, 0.25) is 0 Å². The molecule has 4 heteroatoms. The van der Waals surface area contributed by atoms with E-state index in [9.17, 15) is 0 Å². The smallest absolute Gasteiger partial charge is 0.191 e. The Morgan fingerprint density at radius 2 is 2.11 bits per heavy atom. The number of guanidine groups is 1. The van der Waals surface area contributed by atoms with Gasteiger partial charge < -0.3 is 15.5 Å². The summed E-state index contributed by atoms with van der Waals surface area (Å²) in [6, 6.07) is 0. The summed E-state index contributed by atoms with van der Waals surface area (Å²) in [7, 11) is 1.76. The summed E-state index contributed by atoms with van der Waals surface area (Å²) in [5, 5.41) is 6.32. The van der Waals surface area contributed by atoms with Crippen LogP contribution < -0.4 is 10.6 Å². The topological polar surface area (TPSA) is 39.7 Å². The van der Waals surface area contributed by atoms with E-state index in [1.54, 1.807) is 7.05 Å². The van der Waals surface area contributed by atoms with E-state index in [-0.39, 0.29) is 0 Å². The average molecular weight is 250 g/mol. The van der Waals surface area contributed by atoms with E-state index in [1.807, 2.05) is 0 Å². The number of terminal acetylenes is 1. The molecule has 1 aliphatic rings. The van der Waals surface area contributed by atoms with Crippen LogP contribution in [-0.4, -0.2) is 50.6 Å². The van der Waals surface area contributed by atoms with Crippen molar-refractivity contribution in [2.75, 3.05) is 39.8 Å². The van der Waals surface area contributed by atoms with Crippen molar-refractivity contribution in [3.05, 3.63) is 0 Å². The van der Waals surface area contributed by atoms with E-state index in [0.717, 1.165) is 24.8 Å². The van der Waals surface area contributed by atoms with Crippen molar-refractivity contribution in [3.63, 3.8) is 0 Å². The Hall–Kier alpha value is -1.21. The van der Waals surface area contributed by atoms with Gasteiger partial charge in [0.1, 0.15) is 0 Å². The van der Waals surface area contributed by atoms with Gasteiger partial charge >= 0.3 is 0 Å². The van der Waals surface area contributed by atoms with Gasteiger partial charge in [0, 0.05) is 13.6 Å². The predicted molar refractivity (Wildman–Crippen MR) is 77.7 cm³/mol. The van der Waals surface area contributed by atoms with Crippen LogP contribution in [0.3, 0.4) is 0 Å². The second-order valence-electron chi connectivity index (χ2n) is 4.93. The molecule has 4 nitrogen and oxygen atoms in total. The van der Waals surface area contributed by atoms with Crippen molar-refractivity contribution in [1.29, 1.82) is 0 Å². The highest BCUT2D eigenvalue weighted by molar-refractivity contribution is 5.79. The minimum Gasteiger partial charge on any atom is -0.356 e. The first-order chi connectivity index (χ1) is 8.76. The minimum atomic E-state index is 0.518. The monoisotopic (exact) mass is 250 g/mol. The minimum absolute atomic E-state index is 0.518. The first kappa shape index (κ1) is 14.8. The van der Waals surface area contributed by atoms with Crippen LogP contribution in [0, 0.1) is 18.3 Å². The number of nitrogens with one attached hydrogen (secondary N) is 2. The Morgan fingerprint density at radius 1 is 1.39 bits per heavy atom. The third-order valence-corrected chi connectivity index (χ3v) is 3.40. The van der Waals surface area contributed by atoms with Crippen molar-refractivity contribution in [3.8, 4) is 12.3 Å². The molecule has 0 saturated carbocycles. The fraction of sp³-hybridized carbons (Fsp3) is 0.786. The van der Waals surface area contributed by atoms with Crippen LogP contribution in [-0.2, 0) is 0 Å². The van der Waals surface area contributed by atoms with E-state index < -0.39 is 0 Å². The Balaban J connectivity index is 2.05. The quantitative estimate of drug-likeness (QED) is 0.330. The Kier molecular flexibility index (Phi) is 7.28. The molecule has 0 aliphatic carbocycles. The summed E-state index contributed by atoms with van der Waals surface area (Å²) in [5.41, 5.74) is 0. The molecular formula is C14H26N4. The van der Waals surface area contributed by atoms with Crippen molar-refractivity contribution < 1.29 is 0 Å². The molecule has 0 radical (unpaired) electrons. The number of hydrogen-bond acceptors (Lipinski definition) is 2. The number of hydrogen-bond donors (Lipinski definition) is 2. The molecule has 1 saturated heterocycles. The molecule has 1 aliphatic heterocycles. The summed E-state index contributed by atoms with van der Waals surface area (Å²) < 4.78 is 0. The van der Waals surface area contributed by atoms with Gasteiger partial charge in [-0.25, -0.2) is 0 Å². The van der Waals surface area contributed by atoms with Crippen molar-refractivity contribution in [2.24, 2.45) is 10.9 Å². The Labute approximate surface area is 111 Å². The zero-order valence-electron chi connectivity index (χ0n) is 11.7. The molecule has 0 atom stereocenters. The number of piperidine rings is 1. The molecule has 0 amide bonds. The summed E-state index contributed by atoms with van der Waals surface area (Å²) in [4.78, 5) is 6.66. The summed E-state index contributed by atoms with van der Waals surface area (Å²) >= 11 is 0. The molecular weight excluding hydrogens is 224 g/mol. The maximum atomic E-state index is 5.19. The molecule has 0 aromatic heterocycles. The van der Waals surface area contributed by atoms with Gasteiger partial charge in [-0.2, -0.15) is 0 Å². The Morgan fingerprint density at radius 3 is 2.72 bits per heavy atom. The highest BCUT2D eigenvalue weighted by Crippen LogP contribution is 2.15. The third kappa shape index (κ3) is 5.92. The summed E-state index contributed by atoms with van der Waals surface area (Å²) in [6.07, 6.45) is 9.03. The van der Waals surface area contributed by atoms with Gasteiger partial charge in [0.25, 0.3) is 0 Å². The predicted octanol–water partition coefficient (Wildman–Crippen LogP) is 0.907. The largest absolute Gasteiger partial charge is 0.356 e. The number of nitrogens with zero attached hydrogens (tertiary/aromatic N) is 2. The molecule has 0 spiro atoms.